The van der Waals surface area contributed by atoms with Crippen molar-refractivity contribution < 1.29 is 13.2 Å². The lowest BCUT2D eigenvalue weighted by Gasteiger charge is -2.25. The third kappa shape index (κ3) is 3.76. The van der Waals surface area contributed by atoms with Crippen LogP contribution >= 0.6 is 11.3 Å². The molecule has 1 fully saturated rings. The smallest absolute Gasteiger partial charge is 0.240 e. The fourth-order valence-corrected chi connectivity index (χ4v) is 3.64. The Morgan fingerprint density at radius 3 is 2.72 bits per heavy atom. The van der Waals surface area contributed by atoms with Crippen LogP contribution in [0.3, 0.4) is 0 Å². The number of carbonyl (C=O) groups excluding carboxylic acids is 1. The van der Waals surface area contributed by atoms with Crippen molar-refractivity contribution in [2.75, 3.05) is 36.5 Å². The van der Waals surface area contributed by atoms with Gasteiger partial charge < -0.3 is 5.32 Å². The molecule has 0 bridgehead atoms. The predicted molar refractivity (Wildman–Crippen MR) is 70.6 cm³/mol. The summed E-state index contributed by atoms with van der Waals surface area (Å²) in [5, 5.41) is 3.29. The van der Waals surface area contributed by atoms with E-state index in [1.165, 1.54) is 11.3 Å². The van der Waals surface area contributed by atoms with Crippen molar-refractivity contribution in [2.24, 2.45) is 0 Å². The van der Waals surface area contributed by atoms with E-state index in [2.05, 4.69) is 10.3 Å². The van der Waals surface area contributed by atoms with Crippen LogP contribution in [0.25, 0.3) is 0 Å². The first-order valence-corrected chi connectivity index (χ1v) is 8.23. The van der Waals surface area contributed by atoms with Gasteiger partial charge in [-0.25, -0.2) is 13.4 Å². The molecule has 0 atom stereocenters. The van der Waals surface area contributed by atoms with Gasteiger partial charge in [-0.1, -0.05) is 0 Å². The number of nitrogens with zero attached hydrogens (tertiary/aromatic N) is 2. The Morgan fingerprint density at radius 1 is 1.50 bits per heavy atom. The van der Waals surface area contributed by atoms with E-state index in [9.17, 15) is 13.2 Å². The Balaban J connectivity index is 1.82. The van der Waals surface area contributed by atoms with E-state index in [4.69, 9.17) is 0 Å². The quantitative estimate of drug-likeness (QED) is 0.855. The van der Waals surface area contributed by atoms with Crippen LogP contribution in [0, 0.1) is 6.92 Å². The van der Waals surface area contributed by atoms with Crippen LogP contribution in [0.15, 0.2) is 6.20 Å². The molecule has 0 aromatic carbocycles. The van der Waals surface area contributed by atoms with E-state index >= 15 is 0 Å². The Kier molecular flexibility index (Phi) is 3.98. The molecule has 1 amide bonds. The summed E-state index contributed by atoms with van der Waals surface area (Å²) in [4.78, 5) is 18.6. The van der Waals surface area contributed by atoms with Crippen molar-refractivity contribution in [3.63, 3.8) is 0 Å². The largest absolute Gasteiger partial charge is 0.301 e. The number of thiazole rings is 1. The number of carbonyl (C=O) groups is 1. The van der Waals surface area contributed by atoms with Crippen molar-refractivity contribution in [3.8, 4) is 0 Å². The van der Waals surface area contributed by atoms with Crippen molar-refractivity contribution in [1.29, 1.82) is 0 Å². The molecule has 0 aliphatic carbocycles. The van der Waals surface area contributed by atoms with Crippen LogP contribution in [0.4, 0.5) is 5.13 Å². The summed E-state index contributed by atoms with van der Waals surface area (Å²) in [6.45, 7) is 2.98. The number of nitrogens with one attached hydrogen (secondary N) is 1. The van der Waals surface area contributed by atoms with E-state index < -0.39 is 9.84 Å². The predicted octanol–water partition coefficient (Wildman–Crippen LogP) is 0.120. The zero-order valence-corrected chi connectivity index (χ0v) is 11.7. The standard InChI is InChI=1S/C10H15N3O3S2/c1-8-6-11-10(17-8)12-9(14)7-13-2-4-18(15,16)5-3-13/h6H,2-5,7H2,1H3,(H,11,12,14). The maximum Gasteiger partial charge on any atom is 0.240 e. The van der Waals surface area contributed by atoms with Crippen LogP contribution in [0.1, 0.15) is 4.88 Å². The molecular formula is C10H15N3O3S2. The summed E-state index contributed by atoms with van der Waals surface area (Å²) < 4.78 is 22.5. The molecule has 0 radical (unpaired) electrons. The second-order valence-electron chi connectivity index (χ2n) is 4.25. The van der Waals surface area contributed by atoms with E-state index in [-0.39, 0.29) is 24.0 Å². The monoisotopic (exact) mass is 289 g/mol. The normalized spacial score (nSPS) is 19.6. The number of anilines is 1. The van der Waals surface area contributed by atoms with Crippen molar-refractivity contribution >= 4 is 32.2 Å². The highest BCUT2D eigenvalue weighted by atomic mass is 32.2. The molecule has 100 valence electrons. The Morgan fingerprint density at radius 2 is 2.17 bits per heavy atom. The Labute approximate surface area is 110 Å². The molecule has 1 aliphatic rings. The average molecular weight is 289 g/mol. The number of hydrogen-bond acceptors (Lipinski definition) is 6. The molecule has 2 rings (SSSR count). The van der Waals surface area contributed by atoms with Crippen molar-refractivity contribution in [1.82, 2.24) is 9.88 Å². The minimum absolute atomic E-state index is 0.136. The summed E-state index contributed by atoms with van der Waals surface area (Å²) in [5.41, 5.74) is 0. The lowest BCUT2D eigenvalue weighted by molar-refractivity contribution is -0.117. The highest BCUT2D eigenvalue weighted by Gasteiger charge is 2.23. The lowest BCUT2D eigenvalue weighted by atomic mass is 10.4. The molecular weight excluding hydrogens is 274 g/mol. The molecule has 0 spiro atoms. The Hall–Kier alpha value is -0.990. The second kappa shape index (κ2) is 5.33. The molecule has 1 aliphatic heterocycles. The van der Waals surface area contributed by atoms with Crippen LogP contribution in [-0.2, 0) is 14.6 Å². The summed E-state index contributed by atoms with van der Waals surface area (Å²) in [6.07, 6.45) is 1.70. The van der Waals surface area contributed by atoms with Gasteiger partial charge in [-0.3, -0.25) is 9.69 Å². The van der Waals surface area contributed by atoms with Gasteiger partial charge in [0.2, 0.25) is 5.91 Å². The zero-order valence-electron chi connectivity index (χ0n) is 10.0. The highest BCUT2D eigenvalue weighted by Crippen LogP contribution is 2.16. The van der Waals surface area contributed by atoms with Crippen LogP contribution in [-0.4, -0.2) is 55.3 Å². The van der Waals surface area contributed by atoms with E-state index in [1.807, 2.05) is 11.8 Å². The van der Waals surface area contributed by atoms with Gasteiger partial charge in [-0.05, 0) is 6.92 Å². The van der Waals surface area contributed by atoms with Crippen molar-refractivity contribution in [3.05, 3.63) is 11.1 Å². The number of sulfone groups is 1. The Bertz CT molecular complexity index is 524. The number of rotatable bonds is 3. The third-order valence-corrected chi connectivity index (χ3v) is 5.11. The highest BCUT2D eigenvalue weighted by molar-refractivity contribution is 7.91. The van der Waals surface area contributed by atoms with Gasteiger partial charge >= 0.3 is 0 Å². The third-order valence-electron chi connectivity index (χ3n) is 2.67. The fraction of sp³-hybridized carbons (Fsp3) is 0.600. The van der Waals surface area contributed by atoms with Gasteiger partial charge in [0.1, 0.15) is 0 Å². The van der Waals surface area contributed by atoms with E-state index in [0.29, 0.717) is 18.2 Å². The zero-order chi connectivity index (χ0) is 13.2. The molecule has 18 heavy (non-hydrogen) atoms. The summed E-state index contributed by atoms with van der Waals surface area (Å²) in [7, 11) is -2.89. The average Bonchev–Trinajstić information content (AvgIpc) is 2.67. The fourth-order valence-electron chi connectivity index (χ4n) is 1.68. The molecule has 2 heterocycles. The number of hydrogen-bond donors (Lipinski definition) is 1. The first-order chi connectivity index (χ1) is 8.44. The van der Waals surface area contributed by atoms with Crippen LogP contribution in [0.2, 0.25) is 0 Å². The molecule has 0 saturated carbocycles. The molecule has 1 saturated heterocycles. The molecule has 6 nitrogen and oxygen atoms in total. The molecule has 1 N–H and O–H groups in total. The summed E-state index contributed by atoms with van der Waals surface area (Å²) in [6, 6.07) is 0. The van der Waals surface area contributed by atoms with E-state index in [1.54, 1.807) is 6.20 Å². The van der Waals surface area contributed by atoms with Crippen LogP contribution < -0.4 is 5.32 Å². The molecule has 1 aromatic heterocycles. The van der Waals surface area contributed by atoms with Gasteiger partial charge in [0, 0.05) is 24.2 Å². The topological polar surface area (TPSA) is 79.4 Å². The minimum atomic E-state index is -2.89. The second-order valence-corrected chi connectivity index (χ2v) is 7.79. The SMILES string of the molecule is Cc1cnc(NC(=O)CN2CCS(=O)(=O)CC2)s1. The number of aryl methyl sites for hydroxylation is 1. The summed E-state index contributed by atoms with van der Waals surface area (Å²) in [5.74, 6) is 0.122. The maximum absolute atomic E-state index is 11.7. The lowest BCUT2D eigenvalue weighted by Crippen LogP contribution is -2.43. The van der Waals surface area contributed by atoms with Gasteiger partial charge in [0.15, 0.2) is 15.0 Å². The molecule has 0 unspecified atom stereocenters. The number of amides is 1. The maximum atomic E-state index is 11.7. The van der Waals surface area contributed by atoms with Gasteiger partial charge in [-0.15, -0.1) is 11.3 Å². The molecule has 1 aromatic rings. The van der Waals surface area contributed by atoms with Gasteiger partial charge in [0.05, 0.1) is 18.1 Å². The molecule has 8 heteroatoms. The van der Waals surface area contributed by atoms with Crippen LogP contribution in [0.5, 0.6) is 0 Å². The summed E-state index contributed by atoms with van der Waals surface area (Å²) >= 11 is 1.42. The number of aromatic nitrogens is 1. The van der Waals surface area contributed by atoms with Gasteiger partial charge in [0.25, 0.3) is 0 Å². The minimum Gasteiger partial charge on any atom is -0.301 e. The van der Waals surface area contributed by atoms with E-state index in [0.717, 1.165) is 4.88 Å². The van der Waals surface area contributed by atoms with Gasteiger partial charge in [-0.2, -0.15) is 0 Å². The van der Waals surface area contributed by atoms with Crippen molar-refractivity contribution in [2.45, 2.75) is 6.92 Å². The first kappa shape index (κ1) is 13.4. The first-order valence-electron chi connectivity index (χ1n) is 5.60.